The highest BCUT2D eigenvalue weighted by Crippen LogP contribution is 2.17. The van der Waals surface area contributed by atoms with E-state index in [1.807, 2.05) is 18.2 Å². The summed E-state index contributed by atoms with van der Waals surface area (Å²) in [7, 11) is 0. The van der Waals surface area contributed by atoms with Gasteiger partial charge in [0, 0.05) is 31.6 Å². The molecular weight excluding hydrogens is 286 g/mol. The summed E-state index contributed by atoms with van der Waals surface area (Å²) < 4.78 is 5.54. The fourth-order valence-electron chi connectivity index (χ4n) is 2.29. The highest BCUT2D eigenvalue weighted by atomic mass is 32.2. The highest BCUT2D eigenvalue weighted by Gasteiger charge is 2.16. The molecule has 0 saturated carbocycles. The second-order valence-corrected chi connectivity index (χ2v) is 6.07. The first-order valence-electron chi connectivity index (χ1n) is 7.12. The van der Waals surface area contributed by atoms with E-state index in [4.69, 9.17) is 4.74 Å². The second-order valence-electron chi connectivity index (χ2n) is 5.01. The minimum Gasteiger partial charge on any atom is -0.376 e. The molecule has 0 bridgehead atoms. The minimum atomic E-state index is 0.336. The third kappa shape index (κ3) is 4.03. The molecule has 0 aliphatic carbocycles. The molecule has 1 aliphatic heterocycles. The molecular formula is C14H19N5OS. The lowest BCUT2D eigenvalue weighted by Gasteiger charge is -2.30. The Labute approximate surface area is 128 Å². The normalized spacial score (nSPS) is 19.8. The summed E-state index contributed by atoms with van der Waals surface area (Å²) in [5.74, 6) is 1.70. The zero-order valence-corrected chi connectivity index (χ0v) is 12.8. The molecule has 3 rings (SSSR count). The van der Waals surface area contributed by atoms with E-state index in [-0.39, 0.29) is 0 Å². The van der Waals surface area contributed by atoms with Crippen LogP contribution in [0.15, 0.2) is 29.6 Å². The molecule has 1 fully saturated rings. The molecule has 7 heteroatoms. The van der Waals surface area contributed by atoms with E-state index in [2.05, 4.69) is 32.0 Å². The Bertz CT molecular complexity index is 562. The van der Waals surface area contributed by atoms with Crippen molar-refractivity contribution in [1.29, 1.82) is 0 Å². The van der Waals surface area contributed by atoms with Gasteiger partial charge in [-0.15, -0.1) is 5.10 Å². The van der Waals surface area contributed by atoms with Crippen molar-refractivity contribution in [2.24, 2.45) is 0 Å². The molecule has 1 saturated heterocycles. The molecule has 6 nitrogen and oxygen atoms in total. The Morgan fingerprint density at radius 2 is 2.43 bits per heavy atom. The molecule has 0 aromatic carbocycles. The molecule has 0 spiro atoms. The molecule has 1 N–H and O–H groups in total. The number of pyridine rings is 1. The molecule has 0 amide bonds. The average Bonchev–Trinajstić information content (AvgIpc) is 2.97. The second kappa shape index (κ2) is 7.02. The van der Waals surface area contributed by atoms with Crippen molar-refractivity contribution in [2.45, 2.75) is 18.2 Å². The summed E-state index contributed by atoms with van der Waals surface area (Å²) >= 11 is 1.67. The van der Waals surface area contributed by atoms with Crippen LogP contribution in [0.25, 0.3) is 11.5 Å². The fourth-order valence-corrected chi connectivity index (χ4v) is 3.09. The van der Waals surface area contributed by atoms with Crippen LogP contribution in [-0.4, -0.2) is 63.2 Å². The van der Waals surface area contributed by atoms with Gasteiger partial charge in [-0.2, -0.15) is 4.98 Å². The number of nitrogens with zero attached hydrogens (tertiary/aromatic N) is 4. The summed E-state index contributed by atoms with van der Waals surface area (Å²) in [6, 6.07) is 5.75. The number of nitrogens with one attached hydrogen (secondary N) is 1. The van der Waals surface area contributed by atoms with Crippen molar-refractivity contribution in [3.8, 4) is 11.5 Å². The quantitative estimate of drug-likeness (QED) is 0.848. The lowest BCUT2D eigenvalue weighted by atomic mass is 10.3. The van der Waals surface area contributed by atoms with Crippen molar-refractivity contribution in [3.63, 3.8) is 0 Å². The van der Waals surface area contributed by atoms with E-state index in [1.54, 1.807) is 18.0 Å². The zero-order chi connectivity index (χ0) is 14.5. The first-order valence-corrected chi connectivity index (χ1v) is 8.10. The fraction of sp³-hybridized carbons (Fsp3) is 0.500. The minimum absolute atomic E-state index is 0.336. The van der Waals surface area contributed by atoms with Gasteiger partial charge < -0.3 is 4.74 Å². The van der Waals surface area contributed by atoms with Crippen LogP contribution in [0, 0.1) is 0 Å². The topological polar surface area (TPSA) is 66.9 Å². The van der Waals surface area contributed by atoms with Crippen molar-refractivity contribution in [3.05, 3.63) is 24.4 Å². The summed E-state index contributed by atoms with van der Waals surface area (Å²) in [6.45, 7) is 6.00. The molecule has 112 valence electrons. The Kier molecular flexibility index (Phi) is 4.84. The van der Waals surface area contributed by atoms with Gasteiger partial charge >= 0.3 is 0 Å². The predicted molar refractivity (Wildman–Crippen MR) is 82.2 cm³/mol. The van der Waals surface area contributed by atoms with E-state index in [9.17, 15) is 0 Å². The van der Waals surface area contributed by atoms with E-state index in [0.717, 1.165) is 48.7 Å². The molecule has 2 aromatic rings. The van der Waals surface area contributed by atoms with Gasteiger partial charge in [0.15, 0.2) is 5.82 Å². The summed E-state index contributed by atoms with van der Waals surface area (Å²) in [4.78, 5) is 11.2. The van der Waals surface area contributed by atoms with Crippen LogP contribution in [0.2, 0.25) is 0 Å². The van der Waals surface area contributed by atoms with E-state index in [1.165, 1.54) is 0 Å². The number of aromatic nitrogens is 4. The number of H-pyrrole nitrogens is 1. The van der Waals surface area contributed by atoms with Crippen LogP contribution in [0.4, 0.5) is 0 Å². The average molecular weight is 305 g/mol. The lowest BCUT2D eigenvalue weighted by Crippen LogP contribution is -2.42. The number of morpholine rings is 1. The Balaban J connectivity index is 1.49. The number of hydrogen-bond donors (Lipinski definition) is 1. The van der Waals surface area contributed by atoms with Crippen molar-refractivity contribution < 1.29 is 4.74 Å². The van der Waals surface area contributed by atoms with Crippen LogP contribution in [0.1, 0.15) is 6.92 Å². The van der Waals surface area contributed by atoms with Crippen LogP contribution in [0.5, 0.6) is 0 Å². The zero-order valence-electron chi connectivity index (χ0n) is 12.0. The van der Waals surface area contributed by atoms with Crippen molar-refractivity contribution in [2.75, 3.05) is 32.0 Å². The van der Waals surface area contributed by atoms with Crippen molar-refractivity contribution >= 4 is 11.8 Å². The van der Waals surface area contributed by atoms with Crippen LogP contribution < -0.4 is 0 Å². The van der Waals surface area contributed by atoms with Crippen LogP contribution >= 0.6 is 11.8 Å². The number of hydrogen-bond acceptors (Lipinski definition) is 6. The first-order chi connectivity index (χ1) is 10.3. The number of rotatable bonds is 5. The Morgan fingerprint density at radius 3 is 3.24 bits per heavy atom. The highest BCUT2D eigenvalue weighted by molar-refractivity contribution is 7.99. The summed E-state index contributed by atoms with van der Waals surface area (Å²) in [5, 5.41) is 7.95. The molecule has 21 heavy (non-hydrogen) atoms. The van der Waals surface area contributed by atoms with Crippen molar-refractivity contribution in [1.82, 2.24) is 25.1 Å². The molecule has 1 aliphatic rings. The molecule has 0 radical (unpaired) electrons. The van der Waals surface area contributed by atoms with E-state index >= 15 is 0 Å². The van der Waals surface area contributed by atoms with Gasteiger partial charge in [-0.05, 0) is 19.1 Å². The van der Waals surface area contributed by atoms with Crippen LogP contribution in [0.3, 0.4) is 0 Å². The SMILES string of the molecule is C[C@@H]1CN(CCSc2n[nH]c(-c3ccccn3)n2)CCO1. The maximum Gasteiger partial charge on any atom is 0.208 e. The third-order valence-corrected chi connectivity index (χ3v) is 4.16. The van der Waals surface area contributed by atoms with Gasteiger partial charge in [-0.1, -0.05) is 17.8 Å². The van der Waals surface area contributed by atoms with Gasteiger partial charge in [0.2, 0.25) is 5.16 Å². The van der Waals surface area contributed by atoms with Gasteiger partial charge in [-0.3, -0.25) is 15.0 Å². The third-order valence-electron chi connectivity index (χ3n) is 3.34. The number of aromatic amines is 1. The maximum absolute atomic E-state index is 5.54. The lowest BCUT2D eigenvalue weighted by molar-refractivity contribution is -0.0158. The van der Waals surface area contributed by atoms with Gasteiger partial charge in [0.1, 0.15) is 5.69 Å². The smallest absolute Gasteiger partial charge is 0.208 e. The number of thioether (sulfide) groups is 1. The standard InChI is InChI=1S/C14H19N5OS/c1-11-10-19(6-8-20-11)7-9-21-14-16-13(17-18-14)12-4-2-3-5-15-12/h2-5,11H,6-10H2,1H3,(H,16,17,18)/t11-/m1/s1. The monoisotopic (exact) mass is 305 g/mol. The summed E-state index contributed by atoms with van der Waals surface area (Å²) in [6.07, 6.45) is 2.09. The van der Waals surface area contributed by atoms with E-state index in [0.29, 0.717) is 6.10 Å². The van der Waals surface area contributed by atoms with Gasteiger partial charge in [0.05, 0.1) is 12.7 Å². The molecule has 1 atom stereocenters. The summed E-state index contributed by atoms with van der Waals surface area (Å²) in [5.41, 5.74) is 0.818. The number of ether oxygens (including phenoxy) is 1. The maximum atomic E-state index is 5.54. The van der Waals surface area contributed by atoms with Gasteiger partial charge in [0.25, 0.3) is 0 Å². The molecule has 3 heterocycles. The Hall–Kier alpha value is -1.44. The predicted octanol–water partition coefficient (Wildman–Crippen LogP) is 1.68. The Morgan fingerprint density at radius 1 is 1.48 bits per heavy atom. The van der Waals surface area contributed by atoms with E-state index < -0.39 is 0 Å². The molecule has 0 unspecified atom stereocenters. The molecule has 2 aromatic heterocycles. The van der Waals surface area contributed by atoms with Crippen LogP contribution in [-0.2, 0) is 4.74 Å². The first kappa shape index (κ1) is 14.5. The largest absolute Gasteiger partial charge is 0.376 e. The van der Waals surface area contributed by atoms with Gasteiger partial charge in [-0.25, -0.2) is 0 Å².